The van der Waals surface area contributed by atoms with Crippen LogP contribution in [0.3, 0.4) is 0 Å². The summed E-state index contributed by atoms with van der Waals surface area (Å²) in [7, 11) is -7.33. The Labute approximate surface area is 180 Å². The minimum absolute atomic E-state index is 0.0321. The third kappa shape index (κ3) is 5.64. The molecule has 0 bridgehead atoms. The van der Waals surface area contributed by atoms with E-state index in [1.807, 2.05) is 0 Å². The third-order valence-electron chi connectivity index (χ3n) is 4.20. The number of rotatable bonds is 7. The van der Waals surface area contributed by atoms with Gasteiger partial charge in [0, 0.05) is 29.6 Å². The molecule has 3 rings (SSSR count). The van der Waals surface area contributed by atoms with Crippen LogP contribution in [0, 0.1) is 0 Å². The van der Waals surface area contributed by atoms with E-state index in [1.54, 1.807) is 31.2 Å². The van der Waals surface area contributed by atoms with E-state index in [4.69, 9.17) is 0 Å². The fourth-order valence-corrected chi connectivity index (χ4v) is 4.15. The first-order valence-corrected chi connectivity index (χ1v) is 12.5. The standard InChI is InChI=1S/C20H20N4O5S2/c1-3-19(25)21-15-7-9-17(10-8-15)31(28,29)24-16-6-4-5-14(13-16)18-11-12-20(23-22-18)30(2,26)27/h4-13,24H,3H2,1-2H3,(H,21,25). The summed E-state index contributed by atoms with van der Waals surface area (Å²) in [4.78, 5) is 11.5. The van der Waals surface area contributed by atoms with E-state index in [9.17, 15) is 21.6 Å². The predicted octanol–water partition coefficient (Wildman–Crippen LogP) is 2.70. The molecule has 0 aliphatic carbocycles. The van der Waals surface area contributed by atoms with Gasteiger partial charge in [-0.2, -0.15) is 0 Å². The average Bonchev–Trinajstić information content (AvgIpc) is 2.73. The van der Waals surface area contributed by atoms with E-state index in [-0.39, 0.29) is 15.8 Å². The maximum Gasteiger partial charge on any atom is 0.261 e. The highest BCUT2D eigenvalue weighted by atomic mass is 32.2. The van der Waals surface area contributed by atoms with Crippen LogP contribution in [-0.2, 0) is 24.7 Å². The van der Waals surface area contributed by atoms with Crippen LogP contribution in [0.2, 0.25) is 0 Å². The molecule has 2 N–H and O–H groups in total. The molecule has 1 heterocycles. The molecule has 162 valence electrons. The summed E-state index contributed by atoms with van der Waals surface area (Å²) in [5.41, 5.74) is 1.76. The zero-order chi connectivity index (χ0) is 22.6. The molecule has 0 radical (unpaired) electrons. The number of aromatic nitrogens is 2. The van der Waals surface area contributed by atoms with Crippen LogP contribution in [-0.4, -0.2) is 39.2 Å². The monoisotopic (exact) mass is 460 g/mol. The van der Waals surface area contributed by atoms with Crippen molar-refractivity contribution in [3.8, 4) is 11.3 Å². The van der Waals surface area contributed by atoms with Crippen molar-refractivity contribution >= 4 is 37.1 Å². The molecular formula is C20H20N4O5S2. The zero-order valence-corrected chi connectivity index (χ0v) is 18.4. The number of carbonyl (C=O) groups excluding carboxylic acids is 1. The number of carbonyl (C=O) groups is 1. The van der Waals surface area contributed by atoms with Crippen molar-refractivity contribution in [1.82, 2.24) is 10.2 Å². The Morgan fingerprint density at radius 1 is 0.903 bits per heavy atom. The summed E-state index contributed by atoms with van der Waals surface area (Å²) in [5, 5.41) is 10.1. The lowest BCUT2D eigenvalue weighted by Crippen LogP contribution is -2.13. The number of amides is 1. The van der Waals surface area contributed by atoms with Gasteiger partial charge in [-0.1, -0.05) is 19.1 Å². The first-order chi connectivity index (χ1) is 14.6. The van der Waals surface area contributed by atoms with E-state index in [2.05, 4.69) is 20.2 Å². The Morgan fingerprint density at radius 2 is 1.61 bits per heavy atom. The van der Waals surface area contributed by atoms with Gasteiger partial charge >= 0.3 is 0 Å². The van der Waals surface area contributed by atoms with Gasteiger partial charge in [-0.25, -0.2) is 16.8 Å². The van der Waals surface area contributed by atoms with Gasteiger partial charge in [0.1, 0.15) is 0 Å². The van der Waals surface area contributed by atoms with Crippen LogP contribution in [0.5, 0.6) is 0 Å². The number of nitrogens with zero attached hydrogens (tertiary/aromatic N) is 2. The summed E-state index contributed by atoms with van der Waals surface area (Å²) < 4.78 is 50.9. The lowest BCUT2D eigenvalue weighted by Gasteiger charge is -2.10. The topological polar surface area (TPSA) is 135 Å². The van der Waals surface area contributed by atoms with Crippen molar-refractivity contribution in [2.75, 3.05) is 16.3 Å². The number of sulfone groups is 1. The largest absolute Gasteiger partial charge is 0.326 e. The van der Waals surface area contributed by atoms with Gasteiger partial charge in [0.05, 0.1) is 10.6 Å². The molecule has 3 aromatic rings. The van der Waals surface area contributed by atoms with Crippen molar-refractivity contribution < 1.29 is 21.6 Å². The van der Waals surface area contributed by atoms with E-state index in [1.165, 1.54) is 36.4 Å². The maximum absolute atomic E-state index is 12.7. The lowest BCUT2D eigenvalue weighted by molar-refractivity contribution is -0.115. The van der Waals surface area contributed by atoms with Crippen LogP contribution < -0.4 is 10.0 Å². The molecular weight excluding hydrogens is 440 g/mol. The Bertz CT molecular complexity index is 1300. The molecule has 0 saturated heterocycles. The van der Waals surface area contributed by atoms with Crippen molar-refractivity contribution in [2.45, 2.75) is 23.3 Å². The van der Waals surface area contributed by atoms with Crippen LogP contribution in [0.4, 0.5) is 11.4 Å². The SMILES string of the molecule is CCC(=O)Nc1ccc(S(=O)(=O)Nc2cccc(-c3ccc(S(C)(=O)=O)nn3)c2)cc1. The Hall–Kier alpha value is -3.31. The molecule has 0 aliphatic heterocycles. The summed E-state index contributed by atoms with van der Waals surface area (Å²) in [5.74, 6) is -0.168. The number of benzene rings is 2. The average molecular weight is 461 g/mol. The summed E-state index contributed by atoms with van der Waals surface area (Å²) >= 11 is 0. The molecule has 31 heavy (non-hydrogen) atoms. The fraction of sp³-hybridized carbons (Fsp3) is 0.150. The van der Waals surface area contributed by atoms with Crippen molar-refractivity contribution in [3.05, 3.63) is 60.7 Å². The zero-order valence-electron chi connectivity index (χ0n) is 16.7. The van der Waals surface area contributed by atoms with Gasteiger partial charge in [0.25, 0.3) is 10.0 Å². The number of sulfonamides is 1. The predicted molar refractivity (Wildman–Crippen MR) is 117 cm³/mol. The second kappa shape index (κ2) is 8.82. The molecule has 0 saturated carbocycles. The van der Waals surface area contributed by atoms with Crippen LogP contribution in [0.25, 0.3) is 11.3 Å². The van der Waals surface area contributed by atoms with Gasteiger partial charge < -0.3 is 5.32 Å². The van der Waals surface area contributed by atoms with E-state index in [0.29, 0.717) is 29.1 Å². The minimum atomic E-state index is -3.87. The highest BCUT2D eigenvalue weighted by molar-refractivity contribution is 7.92. The van der Waals surface area contributed by atoms with Gasteiger partial charge in [-0.15, -0.1) is 10.2 Å². The molecule has 2 aromatic carbocycles. The number of hydrogen-bond donors (Lipinski definition) is 2. The lowest BCUT2D eigenvalue weighted by atomic mass is 10.1. The van der Waals surface area contributed by atoms with Gasteiger partial charge in [-0.3, -0.25) is 9.52 Å². The molecule has 0 fully saturated rings. The summed E-state index contributed by atoms with van der Waals surface area (Å²) in [6.45, 7) is 1.72. The van der Waals surface area contributed by atoms with E-state index >= 15 is 0 Å². The first-order valence-electron chi connectivity index (χ1n) is 9.15. The quantitative estimate of drug-likeness (QED) is 0.553. The van der Waals surface area contributed by atoms with E-state index < -0.39 is 19.9 Å². The fourth-order valence-electron chi connectivity index (χ4n) is 2.59. The molecule has 0 unspecified atom stereocenters. The molecule has 0 spiro atoms. The van der Waals surface area contributed by atoms with Gasteiger partial charge in [0.2, 0.25) is 5.91 Å². The van der Waals surface area contributed by atoms with Crippen molar-refractivity contribution in [2.24, 2.45) is 0 Å². The third-order valence-corrected chi connectivity index (χ3v) is 6.57. The second-order valence-corrected chi connectivity index (χ2v) is 10.3. The molecule has 1 amide bonds. The Kier molecular flexibility index (Phi) is 6.37. The second-order valence-electron chi connectivity index (χ2n) is 6.64. The maximum atomic E-state index is 12.7. The Balaban J connectivity index is 1.80. The molecule has 11 heteroatoms. The molecule has 0 atom stereocenters. The number of anilines is 2. The normalized spacial score (nSPS) is 11.7. The molecule has 0 aliphatic rings. The minimum Gasteiger partial charge on any atom is -0.326 e. The van der Waals surface area contributed by atoms with E-state index in [0.717, 1.165) is 6.26 Å². The Morgan fingerprint density at radius 3 is 2.19 bits per heavy atom. The number of hydrogen-bond acceptors (Lipinski definition) is 7. The molecule has 1 aromatic heterocycles. The summed E-state index contributed by atoms with van der Waals surface area (Å²) in [6, 6.07) is 15.1. The number of nitrogens with one attached hydrogen (secondary N) is 2. The van der Waals surface area contributed by atoms with Crippen LogP contribution >= 0.6 is 0 Å². The van der Waals surface area contributed by atoms with Gasteiger partial charge in [0.15, 0.2) is 14.9 Å². The van der Waals surface area contributed by atoms with Gasteiger partial charge in [-0.05, 0) is 48.5 Å². The van der Waals surface area contributed by atoms with Crippen LogP contribution in [0.1, 0.15) is 13.3 Å². The van der Waals surface area contributed by atoms with Crippen LogP contribution in [0.15, 0.2) is 70.6 Å². The highest BCUT2D eigenvalue weighted by Crippen LogP contribution is 2.24. The highest BCUT2D eigenvalue weighted by Gasteiger charge is 2.15. The first kappa shape index (κ1) is 22.4. The van der Waals surface area contributed by atoms with Crippen molar-refractivity contribution in [1.29, 1.82) is 0 Å². The smallest absolute Gasteiger partial charge is 0.261 e. The van der Waals surface area contributed by atoms with Crippen molar-refractivity contribution in [3.63, 3.8) is 0 Å². The summed E-state index contributed by atoms with van der Waals surface area (Å²) in [6.07, 6.45) is 1.36. The molecule has 9 nitrogen and oxygen atoms in total.